The standard InChI is InChI=1S/C12H12N2O2.C10H9NS.C7H11N/c1-9-3-4-10(2)13(9)11-5-7-12(8-6-11)14(15)16;1-8-5-6-10(12-8)9-4-2-3-7-11-9;1-6-4-5-7(2)8(6)3/h3-8H,1-2H3;2-7H,1H3;4-5H,1-3H3. The first-order valence-corrected chi connectivity index (χ1v) is 12.5. The predicted octanol–water partition coefficient (Wildman–Crippen LogP) is 7.76. The van der Waals surface area contributed by atoms with Gasteiger partial charge in [0.05, 0.1) is 15.5 Å². The Kier molecular flexibility index (Phi) is 8.97. The fourth-order valence-corrected chi connectivity index (χ4v) is 4.47. The molecular weight excluding hydrogens is 468 g/mol. The fourth-order valence-electron chi connectivity index (χ4n) is 3.62. The molecule has 0 unspecified atom stereocenters. The first-order valence-electron chi connectivity index (χ1n) is 11.6. The van der Waals surface area contributed by atoms with Crippen molar-refractivity contribution in [1.29, 1.82) is 0 Å². The third-order valence-corrected chi connectivity index (χ3v) is 6.89. The van der Waals surface area contributed by atoms with Crippen LogP contribution in [0.3, 0.4) is 0 Å². The fraction of sp³-hybridized carbons (Fsp3) is 0.207. The molecule has 0 N–H and O–H groups in total. The van der Waals surface area contributed by atoms with Crippen LogP contribution in [-0.2, 0) is 7.05 Å². The molecular formula is C29H32N4O2S. The van der Waals surface area contributed by atoms with Gasteiger partial charge >= 0.3 is 0 Å². The number of nitro benzene ring substituents is 1. The molecule has 5 rings (SSSR count). The summed E-state index contributed by atoms with van der Waals surface area (Å²) in [5.41, 5.74) is 7.01. The summed E-state index contributed by atoms with van der Waals surface area (Å²) in [6.07, 6.45) is 1.82. The van der Waals surface area contributed by atoms with Crippen molar-refractivity contribution in [3.05, 3.63) is 123 Å². The van der Waals surface area contributed by atoms with E-state index in [9.17, 15) is 10.1 Å². The van der Waals surface area contributed by atoms with Crippen LogP contribution in [0.5, 0.6) is 0 Å². The SMILES string of the molecule is Cc1ccc(-c2ccccn2)s1.Cc1ccc(C)n1-c1ccc([N+](=O)[O-])cc1.Cc1ccc(C)n1C. The Morgan fingerprint density at radius 2 is 1.33 bits per heavy atom. The second-order valence-electron chi connectivity index (χ2n) is 8.53. The molecule has 6 nitrogen and oxygen atoms in total. The van der Waals surface area contributed by atoms with Crippen LogP contribution in [0.2, 0.25) is 0 Å². The third-order valence-electron chi connectivity index (χ3n) is 5.87. The van der Waals surface area contributed by atoms with Gasteiger partial charge in [0.15, 0.2) is 0 Å². The molecule has 7 heteroatoms. The lowest BCUT2D eigenvalue weighted by molar-refractivity contribution is -0.384. The molecule has 0 fully saturated rings. The zero-order chi connectivity index (χ0) is 26.2. The number of pyridine rings is 1. The number of rotatable bonds is 3. The molecule has 0 saturated heterocycles. The summed E-state index contributed by atoms with van der Waals surface area (Å²) in [5.74, 6) is 0. The lowest BCUT2D eigenvalue weighted by Crippen LogP contribution is -1.98. The van der Waals surface area contributed by atoms with Crippen molar-refractivity contribution in [2.45, 2.75) is 34.6 Å². The van der Waals surface area contributed by atoms with Crippen molar-refractivity contribution in [3.8, 4) is 16.3 Å². The number of aromatic nitrogens is 3. The van der Waals surface area contributed by atoms with Crippen LogP contribution in [0.25, 0.3) is 16.3 Å². The van der Waals surface area contributed by atoms with Crippen LogP contribution in [0, 0.1) is 44.7 Å². The molecule has 0 saturated carbocycles. The van der Waals surface area contributed by atoms with Crippen LogP contribution in [0.1, 0.15) is 27.7 Å². The number of nitro groups is 1. The van der Waals surface area contributed by atoms with Gasteiger partial charge in [0.25, 0.3) is 5.69 Å². The molecule has 0 aliphatic rings. The quantitative estimate of drug-likeness (QED) is 0.188. The summed E-state index contributed by atoms with van der Waals surface area (Å²) in [4.78, 5) is 17.0. The van der Waals surface area contributed by atoms with Crippen molar-refractivity contribution >= 4 is 17.0 Å². The van der Waals surface area contributed by atoms with E-state index < -0.39 is 0 Å². The Bertz CT molecular complexity index is 1370. The van der Waals surface area contributed by atoms with E-state index in [1.807, 2.05) is 50.4 Å². The number of thiophene rings is 1. The molecule has 36 heavy (non-hydrogen) atoms. The molecule has 1 aromatic carbocycles. The van der Waals surface area contributed by atoms with Gasteiger partial charge in [0, 0.05) is 58.7 Å². The van der Waals surface area contributed by atoms with Crippen LogP contribution in [0.4, 0.5) is 5.69 Å². The van der Waals surface area contributed by atoms with E-state index in [-0.39, 0.29) is 10.6 Å². The molecule has 0 amide bonds. The second-order valence-corrected chi connectivity index (χ2v) is 9.81. The number of hydrogen-bond donors (Lipinski definition) is 0. The van der Waals surface area contributed by atoms with E-state index in [0.29, 0.717) is 0 Å². The smallest absolute Gasteiger partial charge is 0.269 e. The average Bonchev–Trinajstić information content (AvgIpc) is 3.55. The summed E-state index contributed by atoms with van der Waals surface area (Å²) in [6.45, 7) is 10.3. The highest BCUT2D eigenvalue weighted by atomic mass is 32.1. The van der Waals surface area contributed by atoms with E-state index >= 15 is 0 Å². The van der Waals surface area contributed by atoms with Gasteiger partial charge in [0.2, 0.25) is 0 Å². The van der Waals surface area contributed by atoms with Crippen molar-refractivity contribution < 1.29 is 4.92 Å². The van der Waals surface area contributed by atoms with Crippen LogP contribution >= 0.6 is 11.3 Å². The van der Waals surface area contributed by atoms with Crippen LogP contribution < -0.4 is 0 Å². The van der Waals surface area contributed by atoms with Gasteiger partial charge < -0.3 is 9.13 Å². The predicted molar refractivity (Wildman–Crippen MR) is 149 cm³/mol. The van der Waals surface area contributed by atoms with Gasteiger partial charge in [-0.05, 0) is 95.3 Å². The van der Waals surface area contributed by atoms with Crippen molar-refractivity contribution in [2.75, 3.05) is 0 Å². The maximum Gasteiger partial charge on any atom is 0.269 e. The average molecular weight is 501 g/mol. The van der Waals surface area contributed by atoms with Gasteiger partial charge in [-0.1, -0.05) is 6.07 Å². The highest BCUT2D eigenvalue weighted by Gasteiger charge is 2.07. The Labute approximate surface area is 216 Å². The Morgan fingerprint density at radius 3 is 1.75 bits per heavy atom. The van der Waals surface area contributed by atoms with Gasteiger partial charge in [0.1, 0.15) is 0 Å². The largest absolute Gasteiger partial charge is 0.352 e. The summed E-state index contributed by atoms with van der Waals surface area (Å²) >= 11 is 1.78. The van der Waals surface area contributed by atoms with E-state index in [1.165, 1.54) is 33.3 Å². The van der Waals surface area contributed by atoms with Crippen molar-refractivity contribution in [1.82, 2.24) is 14.1 Å². The minimum Gasteiger partial charge on any atom is -0.352 e. The number of benzene rings is 1. The Morgan fingerprint density at radius 1 is 0.750 bits per heavy atom. The number of non-ortho nitro benzene ring substituents is 1. The van der Waals surface area contributed by atoms with Gasteiger partial charge in [-0.2, -0.15) is 0 Å². The number of hydrogen-bond acceptors (Lipinski definition) is 4. The zero-order valence-corrected chi connectivity index (χ0v) is 22.4. The summed E-state index contributed by atoms with van der Waals surface area (Å²) in [7, 11) is 2.07. The topological polar surface area (TPSA) is 65.9 Å². The molecule has 0 radical (unpaired) electrons. The highest BCUT2D eigenvalue weighted by molar-refractivity contribution is 7.15. The summed E-state index contributed by atoms with van der Waals surface area (Å²) in [5, 5.41) is 10.5. The summed E-state index contributed by atoms with van der Waals surface area (Å²) in [6, 6.07) is 25.1. The molecule has 5 aromatic rings. The monoisotopic (exact) mass is 500 g/mol. The third kappa shape index (κ3) is 6.79. The molecule has 4 heterocycles. The lowest BCUT2D eigenvalue weighted by atomic mass is 10.2. The maximum atomic E-state index is 10.5. The highest BCUT2D eigenvalue weighted by Crippen LogP contribution is 2.25. The van der Waals surface area contributed by atoms with Gasteiger partial charge in [-0.3, -0.25) is 15.1 Å². The van der Waals surface area contributed by atoms with Crippen LogP contribution in [0.15, 0.2) is 85.1 Å². The van der Waals surface area contributed by atoms with E-state index in [4.69, 9.17) is 0 Å². The maximum absolute atomic E-state index is 10.5. The molecule has 4 aromatic heterocycles. The Hall–Kier alpha value is -3.97. The molecule has 0 atom stereocenters. The van der Waals surface area contributed by atoms with E-state index in [0.717, 1.165) is 22.8 Å². The second kappa shape index (κ2) is 12.1. The molecule has 0 spiro atoms. The molecule has 0 aliphatic heterocycles. The number of aryl methyl sites for hydroxylation is 5. The van der Waals surface area contributed by atoms with Gasteiger partial charge in [-0.15, -0.1) is 11.3 Å². The number of nitrogens with zero attached hydrogens (tertiary/aromatic N) is 4. The first-order chi connectivity index (χ1) is 17.2. The lowest BCUT2D eigenvalue weighted by Gasteiger charge is -2.08. The minimum absolute atomic E-state index is 0.117. The van der Waals surface area contributed by atoms with E-state index in [1.54, 1.807) is 23.5 Å². The molecule has 186 valence electrons. The van der Waals surface area contributed by atoms with Crippen molar-refractivity contribution in [2.24, 2.45) is 7.05 Å². The summed E-state index contributed by atoms with van der Waals surface area (Å²) < 4.78 is 4.23. The Balaban J connectivity index is 0.000000159. The van der Waals surface area contributed by atoms with Crippen LogP contribution in [-0.4, -0.2) is 19.0 Å². The minimum atomic E-state index is -0.390. The van der Waals surface area contributed by atoms with Gasteiger partial charge in [-0.25, -0.2) is 0 Å². The normalized spacial score (nSPS) is 10.2. The molecule has 0 bridgehead atoms. The first kappa shape index (κ1) is 26.6. The van der Waals surface area contributed by atoms with E-state index in [2.05, 4.69) is 66.2 Å². The zero-order valence-electron chi connectivity index (χ0n) is 21.6. The molecule has 0 aliphatic carbocycles. The van der Waals surface area contributed by atoms with Crippen molar-refractivity contribution in [3.63, 3.8) is 0 Å².